The number of carbonyl (C=O) groups is 2. The van der Waals surface area contributed by atoms with Gasteiger partial charge in [-0.3, -0.25) is 9.59 Å². The van der Waals surface area contributed by atoms with Crippen LogP contribution in [0.2, 0.25) is 0 Å². The van der Waals surface area contributed by atoms with Crippen molar-refractivity contribution in [1.82, 2.24) is 10.2 Å². The molecule has 2 aliphatic rings. The molecule has 2 aliphatic heterocycles. The van der Waals surface area contributed by atoms with Gasteiger partial charge in [-0.1, -0.05) is 41.6 Å². The molecule has 1 N–H and O–H groups in total. The summed E-state index contributed by atoms with van der Waals surface area (Å²) in [5.74, 6) is -0.0685. The summed E-state index contributed by atoms with van der Waals surface area (Å²) >= 11 is 1.28. The molecule has 0 saturated carbocycles. The molecule has 1 aromatic carbocycles. The van der Waals surface area contributed by atoms with E-state index < -0.39 is 0 Å². The van der Waals surface area contributed by atoms with Crippen LogP contribution in [0.25, 0.3) is 0 Å². The van der Waals surface area contributed by atoms with Gasteiger partial charge in [-0.25, -0.2) is 0 Å². The average Bonchev–Trinajstić information content (AvgIpc) is 2.66. The molecule has 148 valence electrons. The Morgan fingerprint density at radius 3 is 2.50 bits per heavy atom. The highest BCUT2D eigenvalue weighted by Crippen LogP contribution is 2.36. The number of nitriles is 1. The summed E-state index contributed by atoms with van der Waals surface area (Å²) in [6.45, 7) is 6.19. The van der Waals surface area contributed by atoms with E-state index in [4.69, 9.17) is 0 Å². The number of thioether (sulfide) groups is 1. The molecule has 5 nitrogen and oxygen atoms in total. The number of hydrogen-bond acceptors (Lipinski definition) is 4. The molecule has 1 aromatic rings. The van der Waals surface area contributed by atoms with Crippen LogP contribution in [0.4, 0.5) is 0 Å². The van der Waals surface area contributed by atoms with Crippen molar-refractivity contribution in [2.24, 2.45) is 0 Å². The van der Waals surface area contributed by atoms with Gasteiger partial charge in [0.2, 0.25) is 11.8 Å². The van der Waals surface area contributed by atoms with Crippen molar-refractivity contribution in [3.63, 3.8) is 0 Å². The van der Waals surface area contributed by atoms with Crippen LogP contribution in [-0.2, 0) is 9.59 Å². The minimum Gasteiger partial charge on any atom is -0.337 e. The maximum absolute atomic E-state index is 12.8. The first kappa shape index (κ1) is 20.5. The molecule has 2 heterocycles. The van der Waals surface area contributed by atoms with Crippen LogP contribution in [0, 0.1) is 18.3 Å². The van der Waals surface area contributed by atoms with Gasteiger partial charge in [-0.15, -0.1) is 0 Å². The Hall–Kier alpha value is -2.26. The monoisotopic (exact) mass is 397 g/mol. The lowest BCUT2D eigenvalue weighted by molar-refractivity contribution is -0.134. The fraction of sp³-hybridized carbons (Fsp3) is 0.500. The molecule has 1 fully saturated rings. The second-order valence-corrected chi connectivity index (χ2v) is 8.77. The van der Waals surface area contributed by atoms with Crippen molar-refractivity contribution in [3.8, 4) is 6.07 Å². The fourth-order valence-corrected chi connectivity index (χ4v) is 5.08. The van der Waals surface area contributed by atoms with Gasteiger partial charge in [-0.2, -0.15) is 5.26 Å². The molecule has 0 aliphatic carbocycles. The Labute approximate surface area is 171 Å². The van der Waals surface area contributed by atoms with Crippen LogP contribution in [-0.4, -0.2) is 34.6 Å². The van der Waals surface area contributed by atoms with E-state index in [1.54, 1.807) is 0 Å². The Kier molecular flexibility index (Phi) is 6.46. The average molecular weight is 398 g/mol. The van der Waals surface area contributed by atoms with Crippen LogP contribution in [0.3, 0.4) is 0 Å². The molecule has 3 atom stereocenters. The Balaban J connectivity index is 1.78. The number of amides is 2. The minimum atomic E-state index is -0.259. The summed E-state index contributed by atoms with van der Waals surface area (Å²) in [5.41, 5.74) is 2.64. The molecular formula is C22H27N3O2S. The Morgan fingerprint density at radius 1 is 1.25 bits per heavy atom. The summed E-state index contributed by atoms with van der Waals surface area (Å²) in [4.78, 5) is 27.1. The SMILES string of the molecule is Cc1ccc([C@@H]2CC(=O)NC(SCC(=O)N3[C@H](C)CCC[C@H]3C)=C2C#N)cc1. The van der Waals surface area contributed by atoms with Crippen LogP contribution >= 0.6 is 11.8 Å². The quantitative estimate of drug-likeness (QED) is 0.837. The summed E-state index contributed by atoms with van der Waals surface area (Å²) in [6, 6.07) is 10.7. The third-order valence-electron chi connectivity index (χ3n) is 5.66. The lowest BCUT2D eigenvalue weighted by Gasteiger charge is -2.39. The van der Waals surface area contributed by atoms with E-state index in [2.05, 4.69) is 25.2 Å². The maximum atomic E-state index is 12.8. The Bertz CT molecular complexity index is 815. The predicted molar refractivity (Wildman–Crippen MR) is 111 cm³/mol. The molecule has 0 unspecified atom stereocenters. The fourth-order valence-electron chi connectivity index (χ4n) is 4.14. The molecule has 6 heteroatoms. The summed E-state index contributed by atoms with van der Waals surface area (Å²) in [7, 11) is 0. The molecule has 3 rings (SSSR count). The largest absolute Gasteiger partial charge is 0.337 e. The zero-order valence-electron chi connectivity index (χ0n) is 16.7. The molecule has 2 amide bonds. The second-order valence-electron chi connectivity index (χ2n) is 7.79. The van der Waals surface area contributed by atoms with Crippen molar-refractivity contribution < 1.29 is 9.59 Å². The number of aryl methyl sites for hydroxylation is 1. The lowest BCUT2D eigenvalue weighted by Crippen LogP contribution is -2.48. The van der Waals surface area contributed by atoms with Crippen molar-refractivity contribution in [3.05, 3.63) is 46.0 Å². The number of nitrogens with zero attached hydrogens (tertiary/aromatic N) is 2. The molecule has 0 radical (unpaired) electrons. The first-order valence-electron chi connectivity index (χ1n) is 9.85. The van der Waals surface area contributed by atoms with E-state index in [1.165, 1.54) is 11.8 Å². The molecule has 0 bridgehead atoms. The topological polar surface area (TPSA) is 73.2 Å². The van der Waals surface area contributed by atoms with Gasteiger partial charge >= 0.3 is 0 Å². The zero-order chi connectivity index (χ0) is 20.3. The van der Waals surface area contributed by atoms with Gasteiger partial charge in [0, 0.05) is 24.4 Å². The zero-order valence-corrected chi connectivity index (χ0v) is 17.5. The highest BCUT2D eigenvalue weighted by molar-refractivity contribution is 8.03. The van der Waals surface area contributed by atoms with E-state index in [0.717, 1.165) is 30.4 Å². The molecule has 0 spiro atoms. The summed E-state index contributed by atoms with van der Waals surface area (Å²) in [6.07, 6.45) is 3.46. The van der Waals surface area contributed by atoms with Crippen LogP contribution in [0.1, 0.15) is 56.6 Å². The van der Waals surface area contributed by atoms with Gasteiger partial charge < -0.3 is 10.2 Å². The summed E-state index contributed by atoms with van der Waals surface area (Å²) < 4.78 is 0. The molecule has 1 saturated heterocycles. The number of nitrogens with one attached hydrogen (secondary N) is 1. The van der Waals surface area contributed by atoms with E-state index in [-0.39, 0.29) is 42.0 Å². The number of carbonyl (C=O) groups excluding carboxylic acids is 2. The van der Waals surface area contributed by atoms with Crippen molar-refractivity contribution in [2.75, 3.05) is 5.75 Å². The first-order chi connectivity index (χ1) is 13.4. The highest BCUT2D eigenvalue weighted by atomic mass is 32.2. The number of benzene rings is 1. The van der Waals surface area contributed by atoms with Crippen molar-refractivity contribution >= 4 is 23.6 Å². The smallest absolute Gasteiger partial charge is 0.233 e. The van der Waals surface area contributed by atoms with Gasteiger partial charge in [-0.05, 0) is 45.6 Å². The number of allylic oxidation sites excluding steroid dienone is 1. The second kappa shape index (κ2) is 8.83. The first-order valence-corrected chi connectivity index (χ1v) is 10.8. The minimum absolute atomic E-state index is 0.0706. The van der Waals surface area contributed by atoms with Gasteiger partial charge in [0.25, 0.3) is 0 Å². The third kappa shape index (κ3) is 4.41. The molecular weight excluding hydrogens is 370 g/mol. The number of piperidine rings is 1. The van der Waals surface area contributed by atoms with E-state index in [9.17, 15) is 14.9 Å². The van der Waals surface area contributed by atoms with Crippen LogP contribution < -0.4 is 5.32 Å². The van der Waals surface area contributed by atoms with Gasteiger partial charge in [0.1, 0.15) is 0 Å². The van der Waals surface area contributed by atoms with E-state index in [0.29, 0.717) is 10.6 Å². The van der Waals surface area contributed by atoms with Gasteiger partial charge in [0.05, 0.1) is 22.4 Å². The molecule has 0 aromatic heterocycles. The Morgan fingerprint density at radius 2 is 1.89 bits per heavy atom. The molecule has 28 heavy (non-hydrogen) atoms. The standard InChI is InChI=1S/C22H27N3O2S/c1-14-7-9-17(10-8-14)18-11-20(26)24-22(19(18)12-23)28-13-21(27)25-15(2)5-4-6-16(25)3/h7-10,15-16,18H,4-6,11,13H2,1-3H3,(H,24,26)/t15-,16-,18+/m1/s1. The van der Waals surface area contributed by atoms with Crippen LogP contribution in [0.15, 0.2) is 34.9 Å². The van der Waals surface area contributed by atoms with E-state index in [1.807, 2.05) is 36.1 Å². The predicted octanol–water partition coefficient (Wildman–Crippen LogP) is 3.86. The number of hydrogen-bond donors (Lipinski definition) is 1. The van der Waals surface area contributed by atoms with E-state index >= 15 is 0 Å². The van der Waals surface area contributed by atoms with Crippen molar-refractivity contribution in [1.29, 1.82) is 5.26 Å². The van der Waals surface area contributed by atoms with Crippen LogP contribution in [0.5, 0.6) is 0 Å². The maximum Gasteiger partial charge on any atom is 0.233 e. The number of likely N-dealkylation sites (tertiary alicyclic amines) is 1. The van der Waals surface area contributed by atoms with Gasteiger partial charge in [0.15, 0.2) is 0 Å². The number of rotatable bonds is 4. The summed E-state index contributed by atoms with van der Waals surface area (Å²) in [5, 5.41) is 13.1. The van der Waals surface area contributed by atoms with Crippen molar-refractivity contribution in [2.45, 2.75) is 64.5 Å². The lowest BCUT2D eigenvalue weighted by atomic mass is 9.87. The highest BCUT2D eigenvalue weighted by Gasteiger charge is 2.32. The third-order valence-corrected chi connectivity index (χ3v) is 6.66. The normalized spacial score (nSPS) is 25.3.